The molecule has 1 aliphatic rings. The Balaban J connectivity index is 1.68. The van der Waals surface area contributed by atoms with Crippen LogP contribution in [-0.2, 0) is 16.2 Å². The molecule has 1 aromatic heterocycles. The van der Waals surface area contributed by atoms with Gasteiger partial charge in [-0.3, -0.25) is 9.59 Å². The van der Waals surface area contributed by atoms with Crippen molar-refractivity contribution in [1.82, 2.24) is 9.88 Å². The molecule has 1 aromatic rings. The molecule has 0 radical (unpaired) electrons. The highest BCUT2D eigenvalue weighted by atomic mass is 16.6. The summed E-state index contributed by atoms with van der Waals surface area (Å²) >= 11 is 0. The number of aryl methyl sites for hydroxylation is 1. The van der Waals surface area contributed by atoms with Crippen LogP contribution in [-0.4, -0.2) is 28.8 Å². The zero-order valence-electron chi connectivity index (χ0n) is 11.5. The van der Waals surface area contributed by atoms with Crippen LogP contribution in [0.4, 0.5) is 0 Å². The molecule has 0 spiro atoms. The van der Waals surface area contributed by atoms with Gasteiger partial charge < -0.3 is 14.7 Å². The van der Waals surface area contributed by atoms with Gasteiger partial charge in [0.2, 0.25) is 11.7 Å². The molecule has 1 aliphatic heterocycles. The van der Waals surface area contributed by atoms with Gasteiger partial charge in [-0.2, -0.15) is 0 Å². The molecule has 0 bridgehead atoms. The number of pyridine rings is 1. The molecule has 6 nitrogen and oxygen atoms in total. The van der Waals surface area contributed by atoms with E-state index in [4.69, 9.17) is 4.84 Å². The van der Waals surface area contributed by atoms with Crippen molar-refractivity contribution in [3.8, 4) is 0 Å². The third-order valence-corrected chi connectivity index (χ3v) is 3.20. The Labute approximate surface area is 117 Å². The van der Waals surface area contributed by atoms with Crippen LogP contribution in [0.5, 0.6) is 0 Å². The molecule has 1 unspecified atom stereocenters. The summed E-state index contributed by atoms with van der Waals surface area (Å²) in [5.74, 6) is -0.141. The van der Waals surface area contributed by atoms with Gasteiger partial charge in [-0.05, 0) is 18.9 Å². The van der Waals surface area contributed by atoms with Crippen molar-refractivity contribution >= 4 is 11.6 Å². The Morgan fingerprint density at radius 1 is 1.55 bits per heavy atom. The maximum absolute atomic E-state index is 11.8. The molecule has 6 heteroatoms. The maximum Gasteiger partial charge on any atom is 0.264 e. The molecule has 0 aromatic carbocycles. The number of carbonyl (C=O) groups excluding carboxylic acids is 1. The predicted octanol–water partition coefficient (Wildman–Crippen LogP) is 0.909. The van der Waals surface area contributed by atoms with Crippen molar-refractivity contribution in [3.63, 3.8) is 0 Å². The van der Waals surface area contributed by atoms with E-state index in [0.717, 1.165) is 12.1 Å². The molecule has 2 heterocycles. The first-order valence-electron chi connectivity index (χ1n) is 6.85. The van der Waals surface area contributed by atoms with Crippen LogP contribution >= 0.6 is 0 Å². The highest BCUT2D eigenvalue weighted by Gasteiger charge is 2.26. The first-order valence-corrected chi connectivity index (χ1v) is 6.85. The summed E-state index contributed by atoms with van der Waals surface area (Å²) in [6, 6.07) is 5.05. The van der Waals surface area contributed by atoms with Crippen molar-refractivity contribution in [2.75, 3.05) is 6.54 Å². The Hall–Kier alpha value is -2.11. The van der Waals surface area contributed by atoms with Gasteiger partial charge in [0, 0.05) is 31.8 Å². The van der Waals surface area contributed by atoms with E-state index in [2.05, 4.69) is 10.5 Å². The average Bonchev–Trinajstić information content (AvgIpc) is 2.94. The van der Waals surface area contributed by atoms with Crippen molar-refractivity contribution < 1.29 is 9.63 Å². The van der Waals surface area contributed by atoms with Gasteiger partial charge in [-0.1, -0.05) is 18.1 Å². The fourth-order valence-corrected chi connectivity index (χ4v) is 2.00. The standard InChI is InChI=1S/C14H19N3O3/c1-2-11-10-12(20-16-11)14(19)15-7-5-9-17-8-4-3-6-13(17)18/h3-4,6,8,12H,2,5,7,9-10H2,1H3,(H,15,19). The van der Waals surface area contributed by atoms with Gasteiger partial charge in [0.1, 0.15) is 0 Å². The van der Waals surface area contributed by atoms with Crippen molar-refractivity contribution in [3.05, 3.63) is 34.7 Å². The van der Waals surface area contributed by atoms with E-state index in [9.17, 15) is 9.59 Å². The minimum atomic E-state index is -0.496. The lowest BCUT2D eigenvalue weighted by molar-refractivity contribution is -0.131. The number of oxime groups is 1. The van der Waals surface area contributed by atoms with Crippen molar-refractivity contribution in [1.29, 1.82) is 0 Å². The molecule has 0 saturated heterocycles. The van der Waals surface area contributed by atoms with Crippen LogP contribution in [0, 0.1) is 0 Å². The minimum Gasteiger partial charge on any atom is -0.382 e. The smallest absolute Gasteiger partial charge is 0.264 e. The summed E-state index contributed by atoms with van der Waals surface area (Å²) in [5, 5.41) is 6.66. The zero-order chi connectivity index (χ0) is 14.4. The molecule has 1 amide bonds. The van der Waals surface area contributed by atoms with Crippen LogP contribution in [0.2, 0.25) is 0 Å². The molecule has 0 saturated carbocycles. The van der Waals surface area contributed by atoms with E-state index in [1.54, 1.807) is 16.8 Å². The Morgan fingerprint density at radius 3 is 3.10 bits per heavy atom. The lowest BCUT2D eigenvalue weighted by atomic mass is 10.1. The molecule has 0 fully saturated rings. The minimum absolute atomic E-state index is 0.0288. The number of amides is 1. The molecule has 1 N–H and O–H groups in total. The third-order valence-electron chi connectivity index (χ3n) is 3.20. The first-order chi connectivity index (χ1) is 9.70. The normalized spacial score (nSPS) is 17.4. The number of nitrogens with one attached hydrogen (secondary N) is 1. The van der Waals surface area contributed by atoms with E-state index in [1.807, 2.05) is 13.0 Å². The SMILES string of the molecule is CCC1=NOC(C(=O)NCCCn2ccccc2=O)C1. The third kappa shape index (κ3) is 3.69. The van der Waals surface area contributed by atoms with Crippen molar-refractivity contribution in [2.24, 2.45) is 5.16 Å². The zero-order valence-corrected chi connectivity index (χ0v) is 11.5. The maximum atomic E-state index is 11.8. The first kappa shape index (κ1) is 14.3. The van der Waals surface area contributed by atoms with Gasteiger partial charge in [0.15, 0.2) is 0 Å². The van der Waals surface area contributed by atoms with E-state index in [1.165, 1.54) is 6.07 Å². The van der Waals surface area contributed by atoms with Gasteiger partial charge in [-0.25, -0.2) is 0 Å². The van der Waals surface area contributed by atoms with Gasteiger partial charge >= 0.3 is 0 Å². The number of hydrogen-bond donors (Lipinski definition) is 1. The molecule has 20 heavy (non-hydrogen) atoms. The topological polar surface area (TPSA) is 72.7 Å². The molecule has 108 valence electrons. The largest absolute Gasteiger partial charge is 0.382 e. The summed E-state index contributed by atoms with van der Waals surface area (Å²) in [6.07, 6.45) is 3.32. The van der Waals surface area contributed by atoms with Crippen LogP contribution in [0.1, 0.15) is 26.2 Å². The monoisotopic (exact) mass is 277 g/mol. The molecule has 1 atom stereocenters. The van der Waals surface area contributed by atoms with E-state index < -0.39 is 6.10 Å². The second-order valence-corrected chi connectivity index (χ2v) is 4.69. The highest BCUT2D eigenvalue weighted by Crippen LogP contribution is 2.12. The number of carbonyl (C=O) groups is 1. The van der Waals surface area contributed by atoms with Crippen LogP contribution in [0.3, 0.4) is 0 Å². The summed E-state index contributed by atoms with van der Waals surface area (Å²) < 4.78 is 1.62. The fourth-order valence-electron chi connectivity index (χ4n) is 2.00. The van der Waals surface area contributed by atoms with Crippen LogP contribution in [0.25, 0.3) is 0 Å². The van der Waals surface area contributed by atoms with E-state index in [0.29, 0.717) is 25.9 Å². The molecule has 2 rings (SSSR count). The van der Waals surface area contributed by atoms with E-state index >= 15 is 0 Å². The lowest BCUT2D eigenvalue weighted by Gasteiger charge is -2.10. The predicted molar refractivity (Wildman–Crippen MR) is 75.5 cm³/mol. The van der Waals surface area contributed by atoms with Crippen molar-refractivity contribution in [2.45, 2.75) is 38.8 Å². The lowest BCUT2D eigenvalue weighted by Crippen LogP contribution is -2.35. The van der Waals surface area contributed by atoms with Crippen LogP contribution in [0.15, 0.2) is 34.3 Å². The number of nitrogens with zero attached hydrogens (tertiary/aromatic N) is 2. The fraction of sp³-hybridized carbons (Fsp3) is 0.500. The summed E-state index contributed by atoms with van der Waals surface area (Å²) in [4.78, 5) is 28.3. The summed E-state index contributed by atoms with van der Waals surface area (Å²) in [7, 11) is 0. The molecule has 0 aliphatic carbocycles. The average molecular weight is 277 g/mol. The van der Waals surface area contributed by atoms with E-state index in [-0.39, 0.29) is 11.5 Å². The number of aromatic nitrogens is 1. The van der Waals surface area contributed by atoms with Gasteiger partial charge in [0.25, 0.3) is 5.91 Å². The number of rotatable bonds is 6. The molecular weight excluding hydrogens is 258 g/mol. The molecular formula is C14H19N3O3. The summed E-state index contributed by atoms with van der Waals surface area (Å²) in [6.45, 7) is 3.09. The Morgan fingerprint density at radius 2 is 2.40 bits per heavy atom. The second-order valence-electron chi connectivity index (χ2n) is 4.69. The van der Waals surface area contributed by atoms with Gasteiger partial charge in [0.05, 0.1) is 5.71 Å². The Kier molecular flexibility index (Phi) is 4.92. The Bertz CT molecular complexity index is 551. The summed E-state index contributed by atoms with van der Waals surface area (Å²) in [5.41, 5.74) is 0.889. The number of hydrogen-bond acceptors (Lipinski definition) is 4. The van der Waals surface area contributed by atoms with Crippen LogP contribution < -0.4 is 10.9 Å². The van der Waals surface area contributed by atoms with Gasteiger partial charge in [-0.15, -0.1) is 0 Å². The second kappa shape index (κ2) is 6.88. The quantitative estimate of drug-likeness (QED) is 0.785. The highest BCUT2D eigenvalue weighted by molar-refractivity contribution is 5.92.